The van der Waals surface area contributed by atoms with Gasteiger partial charge >= 0.3 is 5.97 Å². The molecule has 0 saturated heterocycles. The molecule has 19 heavy (non-hydrogen) atoms. The Morgan fingerprint density at radius 3 is 2.68 bits per heavy atom. The van der Waals surface area contributed by atoms with Gasteiger partial charge in [0.2, 0.25) is 0 Å². The maximum atomic E-state index is 11.2. The van der Waals surface area contributed by atoms with Gasteiger partial charge in [-0.2, -0.15) is 0 Å². The van der Waals surface area contributed by atoms with E-state index in [0.717, 1.165) is 5.39 Å². The highest BCUT2D eigenvalue weighted by atomic mass is 35.5. The van der Waals surface area contributed by atoms with E-state index in [-0.39, 0.29) is 16.8 Å². The van der Waals surface area contributed by atoms with Crippen LogP contribution in [0.3, 0.4) is 0 Å². The van der Waals surface area contributed by atoms with Gasteiger partial charge in [-0.3, -0.25) is 0 Å². The first-order chi connectivity index (χ1) is 8.90. The van der Waals surface area contributed by atoms with Crippen LogP contribution >= 0.6 is 11.6 Å². The van der Waals surface area contributed by atoms with Gasteiger partial charge in [0, 0.05) is 5.39 Å². The molecule has 0 unspecified atom stereocenters. The van der Waals surface area contributed by atoms with E-state index in [1.165, 1.54) is 0 Å². The Morgan fingerprint density at radius 2 is 2.11 bits per heavy atom. The molecule has 0 fully saturated rings. The van der Waals surface area contributed by atoms with Crippen LogP contribution in [0, 0.1) is 6.92 Å². The van der Waals surface area contributed by atoms with E-state index in [1.807, 2.05) is 13.8 Å². The number of carbonyl (C=O) groups is 1. The van der Waals surface area contributed by atoms with Crippen LogP contribution in [-0.4, -0.2) is 22.2 Å². The molecule has 1 heterocycles. The molecule has 0 aliphatic rings. The minimum Gasteiger partial charge on any atom is -0.491 e. The molecule has 5 heteroatoms. The fourth-order valence-electron chi connectivity index (χ4n) is 1.96. The fourth-order valence-corrected chi connectivity index (χ4v) is 2.27. The molecular weight excluding hydrogens is 266 g/mol. The molecule has 1 N–H and O–H groups in total. The van der Waals surface area contributed by atoms with Crippen molar-refractivity contribution in [2.45, 2.75) is 26.9 Å². The van der Waals surface area contributed by atoms with Crippen LogP contribution in [0.25, 0.3) is 10.9 Å². The maximum absolute atomic E-state index is 11.2. The summed E-state index contributed by atoms with van der Waals surface area (Å²) in [6.07, 6.45) is 0.0527. The largest absolute Gasteiger partial charge is 0.491 e. The second-order valence-electron chi connectivity index (χ2n) is 4.55. The van der Waals surface area contributed by atoms with E-state index in [0.29, 0.717) is 16.8 Å². The lowest BCUT2D eigenvalue weighted by molar-refractivity contribution is 0.0696. The van der Waals surface area contributed by atoms with Crippen molar-refractivity contribution in [2.24, 2.45) is 0 Å². The van der Waals surface area contributed by atoms with Crippen molar-refractivity contribution < 1.29 is 14.6 Å². The molecule has 2 aromatic rings. The molecule has 0 bridgehead atoms. The highest BCUT2D eigenvalue weighted by molar-refractivity contribution is 6.33. The Labute approximate surface area is 116 Å². The SMILES string of the molecule is Cc1c(C(=O)O)c(Cl)nc2ccc(OC(C)C)cc12. The number of rotatable bonds is 3. The van der Waals surface area contributed by atoms with Gasteiger partial charge in [0.25, 0.3) is 0 Å². The van der Waals surface area contributed by atoms with E-state index in [1.54, 1.807) is 25.1 Å². The minimum absolute atomic E-state index is 0.00929. The summed E-state index contributed by atoms with van der Waals surface area (Å²) in [5.41, 5.74) is 1.29. The van der Waals surface area contributed by atoms with Crippen LogP contribution in [0.5, 0.6) is 5.75 Å². The van der Waals surface area contributed by atoms with Crippen LogP contribution in [-0.2, 0) is 0 Å². The first-order valence-electron chi connectivity index (χ1n) is 5.90. The van der Waals surface area contributed by atoms with Crippen LogP contribution in [0.15, 0.2) is 18.2 Å². The number of ether oxygens (including phenoxy) is 1. The Balaban J connectivity index is 2.67. The van der Waals surface area contributed by atoms with Crippen LogP contribution in [0.2, 0.25) is 5.15 Å². The van der Waals surface area contributed by atoms with Gasteiger partial charge in [0.15, 0.2) is 0 Å². The van der Waals surface area contributed by atoms with Gasteiger partial charge in [0.05, 0.1) is 11.6 Å². The van der Waals surface area contributed by atoms with Gasteiger partial charge in [-0.05, 0) is 44.5 Å². The predicted octanol–water partition coefficient (Wildman–Crippen LogP) is 3.68. The average Bonchev–Trinajstić information content (AvgIpc) is 2.28. The van der Waals surface area contributed by atoms with Crippen molar-refractivity contribution in [3.63, 3.8) is 0 Å². The summed E-state index contributed by atoms with van der Waals surface area (Å²) in [6, 6.07) is 5.36. The van der Waals surface area contributed by atoms with Crippen LogP contribution in [0.1, 0.15) is 29.8 Å². The summed E-state index contributed by atoms with van der Waals surface area (Å²) in [5.74, 6) is -0.391. The lowest BCUT2D eigenvalue weighted by Crippen LogP contribution is -2.06. The molecule has 0 amide bonds. The smallest absolute Gasteiger partial charge is 0.339 e. The van der Waals surface area contributed by atoms with Gasteiger partial charge in [-0.25, -0.2) is 9.78 Å². The highest BCUT2D eigenvalue weighted by Gasteiger charge is 2.17. The number of fused-ring (bicyclic) bond motifs is 1. The van der Waals surface area contributed by atoms with Crippen LogP contribution < -0.4 is 4.74 Å². The lowest BCUT2D eigenvalue weighted by atomic mass is 10.0. The molecule has 1 aromatic heterocycles. The zero-order valence-electron chi connectivity index (χ0n) is 10.9. The number of hydrogen-bond acceptors (Lipinski definition) is 3. The van der Waals surface area contributed by atoms with Crippen molar-refractivity contribution >= 4 is 28.5 Å². The van der Waals surface area contributed by atoms with E-state index < -0.39 is 5.97 Å². The number of aryl methyl sites for hydroxylation is 1. The van der Waals surface area contributed by atoms with Gasteiger partial charge in [0.1, 0.15) is 16.5 Å². The Kier molecular flexibility index (Phi) is 3.62. The molecule has 0 aliphatic carbocycles. The summed E-state index contributed by atoms with van der Waals surface area (Å²) >= 11 is 5.90. The quantitative estimate of drug-likeness (QED) is 0.871. The number of carboxylic acids is 1. The predicted molar refractivity (Wildman–Crippen MR) is 74.2 cm³/mol. The molecule has 0 spiro atoms. The van der Waals surface area contributed by atoms with E-state index in [9.17, 15) is 4.79 Å². The molecule has 100 valence electrons. The topological polar surface area (TPSA) is 59.4 Å². The standard InChI is InChI=1S/C14H14ClNO3/c1-7(2)19-9-4-5-11-10(6-9)8(3)12(14(17)18)13(15)16-11/h4-7H,1-3H3,(H,17,18). The molecule has 0 radical (unpaired) electrons. The van der Waals surface area contributed by atoms with Crippen molar-refractivity contribution in [2.75, 3.05) is 0 Å². The number of aromatic nitrogens is 1. The van der Waals surface area contributed by atoms with Gasteiger partial charge in [-0.15, -0.1) is 0 Å². The number of nitrogens with zero attached hydrogens (tertiary/aromatic N) is 1. The minimum atomic E-state index is -1.08. The average molecular weight is 280 g/mol. The number of benzene rings is 1. The van der Waals surface area contributed by atoms with Gasteiger partial charge < -0.3 is 9.84 Å². The monoisotopic (exact) mass is 279 g/mol. The van der Waals surface area contributed by atoms with Crippen molar-refractivity contribution in [1.29, 1.82) is 0 Å². The molecule has 0 atom stereocenters. The van der Waals surface area contributed by atoms with Crippen molar-refractivity contribution in [3.05, 3.63) is 34.5 Å². The summed E-state index contributed by atoms with van der Waals surface area (Å²) < 4.78 is 5.60. The summed E-state index contributed by atoms with van der Waals surface area (Å²) in [6.45, 7) is 5.58. The zero-order valence-corrected chi connectivity index (χ0v) is 11.7. The van der Waals surface area contributed by atoms with Crippen LogP contribution in [0.4, 0.5) is 0 Å². The first-order valence-corrected chi connectivity index (χ1v) is 6.27. The Bertz CT molecular complexity index is 653. The number of aromatic carboxylic acids is 1. The molecule has 0 aliphatic heterocycles. The van der Waals surface area contributed by atoms with Gasteiger partial charge in [-0.1, -0.05) is 11.6 Å². The van der Waals surface area contributed by atoms with Crippen molar-refractivity contribution in [1.82, 2.24) is 4.98 Å². The number of pyridine rings is 1. The van der Waals surface area contributed by atoms with E-state index >= 15 is 0 Å². The fraction of sp³-hybridized carbons (Fsp3) is 0.286. The van der Waals surface area contributed by atoms with E-state index in [4.69, 9.17) is 21.4 Å². The summed E-state index contributed by atoms with van der Waals surface area (Å²) in [7, 11) is 0. The third kappa shape index (κ3) is 2.63. The highest BCUT2D eigenvalue weighted by Crippen LogP contribution is 2.29. The zero-order chi connectivity index (χ0) is 14.2. The molecule has 1 aromatic carbocycles. The second kappa shape index (κ2) is 5.05. The van der Waals surface area contributed by atoms with E-state index in [2.05, 4.69) is 4.98 Å². The number of halogens is 1. The first kappa shape index (κ1) is 13.6. The third-order valence-corrected chi connectivity index (χ3v) is 3.03. The Morgan fingerprint density at radius 1 is 1.42 bits per heavy atom. The van der Waals surface area contributed by atoms with Crippen molar-refractivity contribution in [3.8, 4) is 5.75 Å². The molecule has 4 nitrogen and oxygen atoms in total. The Hall–Kier alpha value is -1.81. The maximum Gasteiger partial charge on any atom is 0.339 e. The summed E-state index contributed by atoms with van der Waals surface area (Å²) in [5, 5.41) is 9.91. The molecule has 2 rings (SSSR count). The molecular formula is C14H14ClNO3. The summed E-state index contributed by atoms with van der Waals surface area (Å²) in [4.78, 5) is 15.3. The number of hydrogen-bond donors (Lipinski definition) is 1. The number of carboxylic acid groups (broad SMARTS) is 1. The normalized spacial score (nSPS) is 11.0. The molecule has 0 saturated carbocycles. The lowest BCUT2D eigenvalue weighted by Gasteiger charge is -2.12. The second-order valence-corrected chi connectivity index (χ2v) is 4.91. The third-order valence-electron chi connectivity index (χ3n) is 2.76.